The summed E-state index contributed by atoms with van der Waals surface area (Å²) in [6, 6.07) is 3.97. The Kier molecular flexibility index (Phi) is 4.05. The van der Waals surface area contributed by atoms with Crippen LogP contribution in [0.2, 0.25) is 0 Å². The van der Waals surface area contributed by atoms with Gasteiger partial charge in [-0.05, 0) is 53.2 Å². The van der Waals surface area contributed by atoms with Crippen LogP contribution >= 0.6 is 15.9 Å². The van der Waals surface area contributed by atoms with E-state index in [1.807, 2.05) is 17.0 Å². The summed E-state index contributed by atoms with van der Waals surface area (Å²) >= 11 is 3.40. The number of hydrogen-bond acceptors (Lipinski definition) is 2. The van der Waals surface area contributed by atoms with Crippen LogP contribution in [0, 0.1) is 11.8 Å². The fourth-order valence-electron chi connectivity index (χ4n) is 2.66. The molecule has 1 saturated heterocycles. The topological polar surface area (TPSA) is 33.2 Å². The van der Waals surface area contributed by atoms with E-state index in [1.54, 1.807) is 6.20 Å². The predicted molar refractivity (Wildman–Crippen MR) is 75.4 cm³/mol. The SMILES string of the molecule is CC1CC(C)C(C)N(C(=O)c2ncccc2Br)C1. The maximum atomic E-state index is 12.6. The van der Waals surface area contributed by atoms with Crippen LogP contribution in [-0.2, 0) is 0 Å². The van der Waals surface area contributed by atoms with Crippen molar-refractivity contribution < 1.29 is 4.79 Å². The molecule has 0 radical (unpaired) electrons. The molecule has 1 aliphatic rings. The van der Waals surface area contributed by atoms with Crippen molar-refractivity contribution in [1.29, 1.82) is 0 Å². The van der Waals surface area contributed by atoms with E-state index >= 15 is 0 Å². The van der Waals surface area contributed by atoms with E-state index in [0.29, 0.717) is 17.5 Å². The molecule has 4 heteroatoms. The van der Waals surface area contributed by atoms with Gasteiger partial charge in [0, 0.05) is 23.3 Å². The zero-order valence-electron chi connectivity index (χ0n) is 11.1. The number of piperidine rings is 1. The van der Waals surface area contributed by atoms with Crippen LogP contribution in [0.15, 0.2) is 22.8 Å². The van der Waals surface area contributed by atoms with Crippen molar-refractivity contribution in [2.45, 2.75) is 33.2 Å². The Balaban J connectivity index is 2.25. The third-order valence-electron chi connectivity index (χ3n) is 3.82. The first kappa shape index (κ1) is 13.5. The highest BCUT2D eigenvalue weighted by molar-refractivity contribution is 9.10. The molecule has 0 saturated carbocycles. The summed E-state index contributed by atoms with van der Waals surface area (Å²) in [6.07, 6.45) is 2.85. The molecule has 2 rings (SSSR count). The second-order valence-electron chi connectivity index (χ2n) is 5.35. The smallest absolute Gasteiger partial charge is 0.273 e. The first-order valence-corrected chi connectivity index (χ1v) is 7.21. The lowest BCUT2D eigenvalue weighted by Gasteiger charge is -2.41. The molecule has 0 aliphatic carbocycles. The summed E-state index contributed by atoms with van der Waals surface area (Å²) < 4.78 is 0.771. The lowest BCUT2D eigenvalue weighted by atomic mass is 9.86. The van der Waals surface area contributed by atoms with E-state index in [1.165, 1.54) is 6.42 Å². The van der Waals surface area contributed by atoms with Gasteiger partial charge in [0.1, 0.15) is 5.69 Å². The molecule has 0 bridgehead atoms. The van der Waals surface area contributed by atoms with Crippen molar-refractivity contribution in [1.82, 2.24) is 9.88 Å². The number of nitrogens with zero attached hydrogens (tertiary/aromatic N) is 2. The summed E-state index contributed by atoms with van der Waals surface area (Å²) in [7, 11) is 0. The maximum Gasteiger partial charge on any atom is 0.273 e. The molecular weight excluding hydrogens is 292 g/mol. The highest BCUT2D eigenvalue weighted by atomic mass is 79.9. The zero-order chi connectivity index (χ0) is 13.3. The van der Waals surface area contributed by atoms with Crippen molar-refractivity contribution in [3.8, 4) is 0 Å². The molecule has 3 atom stereocenters. The Bertz CT molecular complexity index is 449. The van der Waals surface area contributed by atoms with E-state index in [0.717, 1.165) is 11.0 Å². The second-order valence-corrected chi connectivity index (χ2v) is 6.20. The van der Waals surface area contributed by atoms with Gasteiger partial charge in [-0.15, -0.1) is 0 Å². The van der Waals surface area contributed by atoms with Gasteiger partial charge in [-0.2, -0.15) is 0 Å². The van der Waals surface area contributed by atoms with Gasteiger partial charge < -0.3 is 4.90 Å². The third kappa shape index (κ3) is 2.58. The number of pyridine rings is 1. The van der Waals surface area contributed by atoms with Gasteiger partial charge in [0.15, 0.2) is 0 Å². The number of carbonyl (C=O) groups excluding carboxylic acids is 1. The van der Waals surface area contributed by atoms with E-state index in [4.69, 9.17) is 0 Å². The van der Waals surface area contributed by atoms with Crippen molar-refractivity contribution in [2.24, 2.45) is 11.8 Å². The molecule has 2 heterocycles. The molecular formula is C14H19BrN2O. The number of halogens is 1. The summed E-state index contributed by atoms with van der Waals surface area (Å²) in [5.41, 5.74) is 0.519. The Morgan fingerprint density at radius 3 is 2.83 bits per heavy atom. The standard InChI is InChI=1S/C14H19BrN2O/c1-9-7-10(2)11(3)17(8-9)14(18)13-12(15)5-4-6-16-13/h4-6,9-11H,7-8H2,1-3H3. The maximum absolute atomic E-state index is 12.6. The molecule has 3 unspecified atom stereocenters. The highest BCUT2D eigenvalue weighted by Crippen LogP contribution is 2.28. The molecule has 0 spiro atoms. The lowest BCUT2D eigenvalue weighted by Crippen LogP contribution is -2.49. The third-order valence-corrected chi connectivity index (χ3v) is 4.46. The molecule has 18 heavy (non-hydrogen) atoms. The van der Waals surface area contributed by atoms with Crippen LogP contribution in [-0.4, -0.2) is 28.4 Å². The average Bonchev–Trinajstić information content (AvgIpc) is 2.33. The predicted octanol–water partition coefficient (Wildman–Crippen LogP) is 3.35. The van der Waals surface area contributed by atoms with Gasteiger partial charge in [-0.25, -0.2) is 4.98 Å². The van der Waals surface area contributed by atoms with Gasteiger partial charge in [0.2, 0.25) is 0 Å². The molecule has 0 aromatic carbocycles. The Labute approximate surface area is 117 Å². The second kappa shape index (κ2) is 5.39. The van der Waals surface area contributed by atoms with Crippen LogP contribution in [0.25, 0.3) is 0 Å². The number of rotatable bonds is 1. The van der Waals surface area contributed by atoms with Gasteiger partial charge in [-0.1, -0.05) is 13.8 Å². The van der Waals surface area contributed by atoms with Crippen molar-refractivity contribution >= 4 is 21.8 Å². The first-order valence-electron chi connectivity index (χ1n) is 6.42. The van der Waals surface area contributed by atoms with Gasteiger partial charge in [0.05, 0.1) is 0 Å². The van der Waals surface area contributed by atoms with Crippen molar-refractivity contribution in [3.63, 3.8) is 0 Å². The van der Waals surface area contributed by atoms with Crippen molar-refractivity contribution in [2.75, 3.05) is 6.54 Å². The van der Waals surface area contributed by atoms with Gasteiger partial charge in [-0.3, -0.25) is 4.79 Å². The molecule has 1 aliphatic heterocycles. The van der Waals surface area contributed by atoms with Crippen LogP contribution in [0.3, 0.4) is 0 Å². The molecule has 3 nitrogen and oxygen atoms in total. The minimum absolute atomic E-state index is 0.0355. The van der Waals surface area contributed by atoms with Crippen LogP contribution < -0.4 is 0 Å². The molecule has 1 amide bonds. The van der Waals surface area contributed by atoms with Crippen LogP contribution in [0.5, 0.6) is 0 Å². The molecule has 1 aromatic heterocycles. The minimum Gasteiger partial charge on any atom is -0.334 e. The lowest BCUT2D eigenvalue weighted by molar-refractivity contribution is 0.0449. The fraction of sp³-hybridized carbons (Fsp3) is 0.571. The largest absolute Gasteiger partial charge is 0.334 e. The monoisotopic (exact) mass is 310 g/mol. The number of likely N-dealkylation sites (tertiary alicyclic amines) is 1. The van der Waals surface area contributed by atoms with E-state index < -0.39 is 0 Å². The van der Waals surface area contributed by atoms with E-state index in [2.05, 4.69) is 41.7 Å². The summed E-state index contributed by atoms with van der Waals surface area (Å²) in [5.74, 6) is 1.14. The first-order chi connectivity index (χ1) is 8.50. The molecule has 98 valence electrons. The minimum atomic E-state index is 0.0355. The quantitative estimate of drug-likeness (QED) is 0.797. The Morgan fingerprint density at radius 1 is 1.44 bits per heavy atom. The molecule has 1 fully saturated rings. The van der Waals surface area contributed by atoms with E-state index in [9.17, 15) is 4.79 Å². The fourth-order valence-corrected chi connectivity index (χ4v) is 3.09. The van der Waals surface area contributed by atoms with Gasteiger partial charge >= 0.3 is 0 Å². The number of amides is 1. The van der Waals surface area contributed by atoms with Crippen LogP contribution in [0.1, 0.15) is 37.7 Å². The van der Waals surface area contributed by atoms with Crippen molar-refractivity contribution in [3.05, 3.63) is 28.5 Å². The summed E-state index contributed by atoms with van der Waals surface area (Å²) in [6.45, 7) is 7.38. The summed E-state index contributed by atoms with van der Waals surface area (Å²) in [4.78, 5) is 18.7. The van der Waals surface area contributed by atoms with Gasteiger partial charge in [0.25, 0.3) is 5.91 Å². The number of carbonyl (C=O) groups is 1. The number of aromatic nitrogens is 1. The average molecular weight is 311 g/mol. The zero-order valence-corrected chi connectivity index (χ0v) is 12.6. The molecule has 0 N–H and O–H groups in total. The number of hydrogen-bond donors (Lipinski definition) is 0. The van der Waals surface area contributed by atoms with E-state index in [-0.39, 0.29) is 11.9 Å². The Morgan fingerprint density at radius 2 is 2.17 bits per heavy atom. The highest BCUT2D eigenvalue weighted by Gasteiger charge is 2.33. The molecule has 1 aromatic rings. The van der Waals surface area contributed by atoms with Crippen LogP contribution in [0.4, 0.5) is 0 Å². The summed E-state index contributed by atoms with van der Waals surface area (Å²) in [5, 5.41) is 0. The normalized spacial score (nSPS) is 28.2. The Hall–Kier alpha value is -0.900.